The van der Waals surface area contributed by atoms with Gasteiger partial charge < -0.3 is 9.73 Å². The van der Waals surface area contributed by atoms with Crippen LogP contribution >= 0.6 is 23.6 Å². The number of sulfonamides is 1. The van der Waals surface area contributed by atoms with E-state index in [1.807, 2.05) is 6.92 Å². The van der Waals surface area contributed by atoms with E-state index in [0.29, 0.717) is 11.4 Å². The summed E-state index contributed by atoms with van der Waals surface area (Å²) in [6, 6.07) is 9.45. The topological polar surface area (TPSA) is 113 Å². The van der Waals surface area contributed by atoms with Gasteiger partial charge >= 0.3 is 0 Å². The Kier molecular flexibility index (Phi) is 6.42. The molecule has 1 amide bonds. The lowest BCUT2D eigenvalue weighted by molar-refractivity contribution is -0.115. The van der Waals surface area contributed by atoms with Gasteiger partial charge in [-0.15, -0.1) is 11.3 Å². The summed E-state index contributed by atoms with van der Waals surface area (Å²) >= 11 is 6.28. The zero-order valence-electron chi connectivity index (χ0n) is 15.1. The summed E-state index contributed by atoms with van der Waals surface area (Å²) < 4.78 is 32.3. The zero-order valence-corrected chi connectivity index (χ0v) is 17.5. The molecule has 0 spiro atoms. The second kappa shape index (κ2) is 8.99. The van der Waals surface area contributed by atoms with Gasteiger partial charge in [-0.3, -0.25) is 14.8 Å². The second-order valence-electron chi connectivity index (χ2n) is 5.69. The van der Waals surface area contributed by atoms with E-state index in [2.05, 4.69) is 20.3 Å². The first kappa shape index (κ1) is 20.7. The molecule has 0 unspecified atom stereocenters. The molecule has 3 rings (SSSR count). The Bertz CT molecular complexity index is 1130. The molecular weight excluding hydrogens is 432 g/mol. The lowest BCUT2D eigenvalue weighted by Gasteiger charge is -2.09. The van der Waals surface area contributed by atoms with E-state index < -0.39 is 15.9 Å². The van der Waals surface area contributed by atoms with Crippen LogP contribution in [0.1, 0.15) is 11.5 Å². The lowest BCUT2D eigenvalue weighted by Crippen LogP contribution is -2.32. The van der Waals surface area contributed by atoms with Crippen molar-refractivity contribution in [3.63, 3.8) is 0 Å². The van der Waals surface area contributed by atoms with Gasteiger partial charge in [-0.25, -0.2) is 13.4 Å². The number of aryl methyl sites for hydroxylation is 1. The van der Waals surface area contributed by atoms with Gasteiger partial charge in [-0.1, -0.05) is 0 Å². The molecule has 0 bridgehead atoms. The molecule has 0 aliphatic heterocycles. The molecule has 2 heterocycles. The van der Waals surface area contributed by atoms with Gasteiger partial charge in [0.25, 0.3) is 10.0 Å². The summed E-state index contributed by atoms with van der Waals surface area (Å²) in [5.74, 6) is 0.873. The Balaban J connectivity index is 1.55. The van der Waals surface area contributed by atoms with Crippen molar-refractivity contribution in [1.82, 2.24) is 10.3 Å². The molecule has 0 fully saturated rings. The van der Waals surface area contributed by atoms with E-state index in [1.165, 1.54) is 54.0 Å². The molecule has 8 nitrogen and oxygen atoms in total. The van der Waals surface area contributed by atoms with Crippen LogP contribution in [0.2, 0.25) is 0 Å². The van der Waals surface area contributed by atoms with Crippen molar-refractivity contribution in [2.24, 2.45) is 0 Å². The summed E-state index contributed by atoms with van der Waals surface area (Å²) in [6.45, 7) is 1.81. The van der Waals surface area contributed by atoms with Crippen LogP contribution in [0.3, 0.4) is 0 Å². The number of amides is 1. The minimum atomic E-state index is -3.73. The van der Waals surface area contributed by atoms with Crippen LogP contribution in [0.5, 0.6) is 0 Å². The monoisotopic (exact) mass is 448 g/mol. The van der Waals surface area contributed by atoms with Gasteiger partial charge in [0, 0.05) is 23.3 Å². The minimum absolute atomic E-state index is 0.0740. The number of carbonyl (C=O) groups is 1. The molecule has 0 radical (unpaired) electrons. The van der Waals surface area contributed by atoms with Gasteiger partial charge in [-0.2, -0.15) is 0 Å². The number of furan rings is 1. The minimum Gasteiger partial charge on any atom is -0.462 e. The Morgan fingerprint density at radius 3 is 2.59 bits per heavy atom. The molecule has 1 aromatic carbocycles. The third kappa shape index (κ3) is 5.98. The zero-order chi connectivity index (χ0) is 20.9. The summed E-state index contributed by atoms with van der Waals surface area (Å²) in [4.78, 5) is 15.9. The lowest BCUT2D eigenvalue weighted by atomic mass is 10.3. The van der Waals surface area contributed by atoms with Gasteiger partial charge in [0.2, 0.25) is 5.91 Å². The smallest absolute Gasteiger partial charge is 0.263 e. The molecule has 3 N–H and O–H groups in total. The number of anilines is 2. The van der Waals surface area contributed by atoms with Crippen LogP contribution < -0.4 is 15.4 Å². The van der Waals surface area contributed by atoms with Crippen molar-refractivity contribution in [2.45, 2.75) is 11.8 Å². The van der Waals surface area contributed by atoms with Crippen LogP contribution in [0.4, 0.5) is 10.8 Å². The summed E-state index contributed by atoms with van der Waals surface area (Å²) in [7, 11) is -3.73. The van der Waals surface area contributed by atoms with Crippen LogP contribution in [0.15, 0.2) is 63.4 Å². The summed E-state index contributed by atoms with van der Waals surface area (Å²) in [6.07, 6.45) is 4.34. The fraction of sp³-hybridized carbons (Fsp3) is 0.0556. The fourth-order valence-electron chi connectivity index (χ4n) is 2.18. The van der Waals surface area contributed by atoms with Gasteiger partial charge in [0.05, 0.1) is 4.90 Å². The number of thiocarbonyl (C=S) groups is 1. The van der Waals surface area contributed by atoms with Crippen molar-refractivity contribution in [3.8, 4) is 0 Å². The first-order chi connectivity index (χ1) is 13.8. The van der Waals surface area contributed by atoms with Crippen LogP contribution in [0, 0.1) is 6.92 Å². The Hall–Kier alpha value is -3.02. The molecule has 11 heteroatoms. The molecule has 0 saturated heterocycles. The number of nitrogens with zero attached hydrogens (tertiary/aromatic N) is 1. The molecule has 3 aromatic rings. The number of nitrogens with one attached hydrogen (secondary N) is 3. The van der Waals surface area contributed by atoms with Crippen LogP contribution in [0.25, 0.3) is 6.08 Å². The highest BCUT2D eigenvalue weighted by Gasteiger charge is 2.15. The predicted molar refractivity (Wildman–Crippen MR) is 116 cm³/mol. The number of rotatable bonds is 6. The number of carbonyl (C=O) groups excluding carboxylic acids is 1. The maximum atomic E-state index is 12.3. The highest BCUT2D eigenvalue weighted by Crippen LogP contribution is 2.19. The standard InChI is InChI=1S/C18H16N4O4S3/c1-12-2-5-14(26-12)6-9-16(23)21-17(27)20-13-3-7-15(8-4-13)29(24,25)22-18-19-10-11-28-18/h2-11H,1H3,(H,19,22)(H2,20,21,23,27)/b9-6+. The molecule has 0 saturated carbocycles. The van der Waals surface area contributed by atoms with Crippen molar-refractivity contribution < 1.29 is 17.6 Å². The average Bonchev–Trinajstić information content (AvgIpc) is 3.31. The van der Waals surface area contributed by atoms with E-state index in [1.54, 1.807) is 17.5 Å². The first-order valence-corrected chi connectivity index (χ1v) is 11.0. The molecule has 29 heavy (non-hydrogen) atoms. The Morgan fingerprint density at radius 1 is 1.21 bits per heavy atom. The Morgan fingerprint density at radius 2 is 1.97 bits per heavy atom. The summed E-state index contributed by atoms with van der Waals surface area (Å²) in [5, 5.41) is 7.34. The third-order valence-corrected chi connectivity index (χ3v) is 5.85. The predicted octanol–water partition coefficient (Wildman–Crippen LogP) is 3.37. The number of aromatic nitrogens is 1. The van der Waals surface area contributed by atoms with Crippen LogP contribution in [-0.4, -0.2) is 24.4 Å². The quantitative estimate of drug-likeness (QED) is 0.391. The molecule has 150 valence electrons. The summed E-state index contributed by atoms with van der Waals surface area (Å²) in [5.41, 5.74) is 0.522. The van der Waals surface area contributed by atoms with Crippen molar-refractivity contribution in [3.05, 3.63) is 65.6 Å². The molecular formula is C18H16N4O4S3. The number of hydrogen-bond acceptors (Lipinski definition) is 7. The molecule has 0 aliphatic carbocycles. The van der Waals surface area contributed by atoms with Crippen molar-refractivity contribution in [2.75, 3.05) is 10.0 Å². The maximum absolute atomic E-state index is 12.3. The highest BCUT2D eigenvalue weighted by molar-refractivity contribution is 7.93. The van der Waals surface area contributed by atoms with E-state index in [4.69, 9.17) is 16.6 Å². The van der Waals surface area contributed by atoms with Crippen molar-refractivity contribution >= 4 is 61.5 Å². The average molecular weight is 449 g/mol. The SMILES string of the molecule is Cc1ccc(/C=C/C(=O)NC(=S)Nc2ccc(S(=O)(=O)Nc3nccs3)cc2)o1. The highest BCUT2D eigenvalue weighted by atomic mass is 32.2. The first-order valence-electron chi connectivity index (χ1n) is 8.21. The number of benzene rings is 1. The molecule has 0 atom stereocenters. The third-order valence-electron chi connectivity index (χ3n) is 3.47. The van der Waals surface area contributed by atoms with Gasteiger partial charge in [0.15, 0.2) is 10.2 Å². The van der Waals surface area contributed by atoms with Gasteiger partial charge in [-0.05, 0) is 61.6 Å². The van der Waals surface area contributed by atoms with Gasteiger partial charge in [0.1, 0.15) is 11.5 Å². The van der Waals surface area contributed by atoms with E-state index in [0.717, 1.165) is 5.76 Å². The molecule has 0 aliphatic rings. The maximum Gasteiger partial charge on any atom is 0.263 e. The number of thiazole rings is 1. The van der Waals surface area contributed by atoms with E-state index in [-0.39, 0.29) is 15.1 Å². The van der Waals surface area contributed by atoms with E-state index in [9.17, 15) is 13.2 Å². The Labute approximate surface area is 176 Å². The number of hydrogen-bond donors (Lipinski definition) is 3. The normalized spacial score (nSPS) is 11.3. The molecule has 2 aromatic heterocycles. The van der Waals surface area contributed by atoms with Crippen molar-refractivity contribution in [1.29, 1.82) is 0 Å². The van der Waals surface area contributed by atoms with Crippen LogP contribution in [-0.2, 0) is 14.8 Å². The second-order valence-corrected chi connectivity index (χ2v) is 8.68. The fourth-order valence-corrected chi connectivity index (χ4v) is 4.19. The largest absolute Gasteiger partial charge is 0.462 e. The van der Waals surface area contributed by atoms with E-state index >= 15 is 0 Å².